The Balaban J connectivity index is 2.23. The molecule has 6 heteroatoms. The smallest absolute Gasteiger partial charge is 0.248 e. The van der Waals surface area contributed by atoms with E-state index in [2.05, 4.69) is 20.3 Å². The fourth-order valence-corrected chi connectivity index (χ4v) is 1.37. The van der Waals surface area contributed by atoms with E-state index in [-0.39, 0.29) is 6.04 Å². The monoisotopic (exact) mass is 245 g/mol. The Morgan fingerprint density at radius 1 is 1.33 bits per heavy atom. The van der Waals surface area contributed by atoms with Gasteiger partial charge in [0.2, 0.25) is 5.88 Å². The molecule has 2 aromatic rings. The summed E-state index contributed by atoms with van der Waals surface area (Å²) in [5, 5.41) is 3.13. The molecule has 0 unspecified atom stereocenters. The van der Waals surface area contributed by atoms with Gasteiger partial charge in [0.15, 0.2) is 5.82 Å². The zero-order valence-corrected chi connectivity index (χ0v) is 10.3. The molecule has 0 bridgehead atoms. The van der Waals surface area contributed by atoms with Crippen LogP contribution in [-0.4, -0.2) is 21.0 Å². The lowest BCUT2D eigenvalue weighted by Gasteiger charge is -2.13. The van der Waals surface area contributed by atoms with Crippen LogP contribution in [0, 0.1) is 0 Å². The molecule has 2 rings (SSSR count). The Kier molecular flexibility index (Phi) is 3.57. The fourth-order valence-electron chi connectivity index (χ4n) is 1.37. The van der Waals surface area contributed by atoms with E-state index >= 15 is 0 Å². The van der Waals surface area contributed by atoms with E-state index in [4.69, 9.17) is 10.5 Å². The van der Waals surface area contributed by atoms with Crippen molar-refractivity contribution < 1.29 is 4.74 Å². The summed E-state index contributed by atoms with van der Waals surface area (Å²) in [5.74, 6) is 1.47. The minimum Gasteiger partial charge on any atom is -0.435 e. The van der Waals surface area contributed by atoms with Crippen molar-refractivity contribution in [2.45, 2.75) is 19.9 Å². The molecule has 2 heterocycles. The molecule has 0 aromatic carbocycles. The van der Waals surface area contributed by atoms with E-state index in [1.165, 1.54) is 6.33 Å². The van der Waals surface area contributed by atoms with Crippen LogP contribution >= 0.6 is 0 Å². The molecule has 0 radical (unpaired) electrons. The lowest BCUT2D eigenvalue weighted by Crippen LogP contribution is -2.13. The van der Waals surface area contributed by atoms with Gasteiger partial charge in [0.05, 0.1) is 6.20 Å². The number of nitrogens with zero attached hydrogens (tertiary/aromatic N) is 3. The number of aromatic nitrogens is 3. The molecule has 0 fully saturated rings. The Morgan fingerprint density at radius 3 is 2.83 bits per heavy atom. The molecular formula is C12H15N5O. The molecular weight excluding hydrogens is 230 g/mol. The normalized spacial score (nSPS) is 10.4. The van der Waals surface area contributed by atoms with E-state index < -0.39 is 0 Å². The van der Waals surface area contributed by atoms with Crippen LogP contribution < -0.4 is 15.8 Å². The van der Waals surface area contributed by atoms with Crippen LogP contribution in [0.5, 0.6) is 11.6 Å². The average Bonchev–Trinajstić information content (AvgIpc) is 2.35. The lowest BCUT2D eigenvalue weighted by atomic mass is 10.3. The maximum Gasteiger partial charge on any atom is 0.248 e. The van der Waals surface area contributed by atoms with Crippen molar-refractivity contribution in [2.24, 2.45) is 0 Å². The molecule has 0 amide bonds. The number of ether oxygens (including phenoxy) is 1. The highest BCUT2D eigenvalue weighted by atomic mass is 16.5. The first-order valence-corrected chi connectivity index (χ1v) is 5.61. The summed E-state index contributed by atoms with van der Waals surface area (Å²) < 4.78 is 5.55. The molecule has 94 valence electrons. The number of nitrogens with one attached hydrogen (secondary N) is 1. The van der Waals surface area contributed by atoms with Gasteiger partial charge in [-0.25, -0.2) is 4.98 Å². The second-order valence-electron chi connectivity index (χ2n) is 4.03. The third-order valence-electron chi connectivity index (χ3n) is 2.12. The summed E-state index contributed by atoms with van der Waals surface area (Å²) in [6.07, 6.45) is 4.67. The van der Waals surface area contributed by atoms with Gasteiger partial charge in [0.1, 0.15) is 17.8 Å². The highest BCUT2D eigenvalue weighted by Crippen LogP contribution is 2.28. The van der Waals surface area contributed by atoms with Crippen molar-refractivity contribution in [3.8, 4) is 11.6 Å². The Hall–Kier alpha value is -2.37. The molecule has 0 aliphatic carbocycles. The van der Waals surface area contributed by atoms with E-state index in [1.807, 2.05) is 13.8 Å². The third-order valence-corrected chi connectivity index (χ3v) is 2.12. The zero-order valence-electron chi connectivity index (χ0n) is 10.3. The van der Waals surface area contributed by atoms with Gasteiger partial charge in [0.25, 0.3) is 0 Å². The molecule has 6 nitrogen and oxygen atoms in total. The number of pyridine rings is 1. The summed E-state index contributed by atoms with van der Waals surface area (Å²) in [5.41, 5.74) is 6.33. The predicted molar refractivity (Wildman–Crippen MR) is 69.5 cm³/mol. The van der Waals surface area contributed by atoms with Gasteiger partial charge < -0.3 is 15.8 Å². The van der Waals surface area contributed by atoms with Gasteiger partial charge >= 0.3 is 0 Å². The number of hydrogen-bond acceptors (Lipinski definition) is 6. The third kappa shape index (κ3) is 2.85. The number of nitrogen functional groups attached to an aromatic ring is 1. The zero-order chi connectivity index (χ0) is 13.0. The SMILES string of the molecule is CC(C)Nc1ncnc(Oc2cccnc2)c1N. The molecule has 18 heavy (non-hydrogen) atoms. The standard InChI is InChI=1S/C12H15N5O/c1-8(2)17-11-10(13)12(16-7-15-11)18-9-4-3-5-14-6-9/h3-8H,13H2,1-2H3,(H,15,16,17). The summed E-state index contributed by atoms with van der Waals surface area (Å²) in [7, 11) is 0. The van der Waals surface area contributed by atoms with Crippen molar-refractivity contribution in [3.05, 3.63) is 30.9 Å². The highest BCUT2D eigenvalue weighted by molar-refractivity contribution is 5.67. The molecule has 0 spiro atoms. The molecule has 0 saturated heterocycles. The van der Waals surface area contributed by atoms with Gasteiger partial charge in [0, 0.05) is 12.2 Å². The van der Waals surface area contributed by atoms with Crippen molar-refractivity contribution in [1.29, 1.82) is 0 Å². The molecule has 0 aliphatic rings. The minimum atomic E-state index is 0.230. The van der Waals surface area contributed by atoms with E-state index in [9.17, 15) is 0 Å². The second kappa shape index (κ2) is 5.31. The van der Waals surface area contributed by atoms with Crippen LogP contribution in [0.1, 0.15) is 13.8 Å². The molecule has 3 N–H and O–H groups in total. The van der Waals surface area contributed by atoms with Crippen molar-refractivity contribution in [3.63, 3.8) is 0 Å². The first-order valence-electron chi connectivity index (χ1n) is 5.61. The topological polar surface area (TPSA) is 86.0 Å². The number of nitrogens with two attached hydrogens (primary N) is 1. The number of anilines is 2. The van der Waals surface area contributed by atoms with Crippen LogP contribution in [0.2, 0.25) is 0 Å². The van der Waals surface area contributed by atoms with Crippen LogP contribution in [0.25, 0.3) is 0 Å². The van der Waals surface area contributed by atoms with Gasteiger partial charge in [-0.15, -0.1) is 0 Å². The number of rotatable bonds is 4. The van der Waals surface area contributed by atoms with Gasteiger partial charge in [-0.1, -0.05) is 0 Å². The fraction of sp³-hybridized carbons (Fsp3) is 0.250. The number of hydrogen-bond donors (Lipinski definition) is 2. The molecule has 0 atom stereocenters. The largest absolute Gasteiger partial charge is 0.435 e. The van der Waals surface area contributed by atoms with Gasteiger partial charge in [-0.2, -0.15) is 4.98 Å². The second-order valence-corrected chi connectivity index (χ2v) is 4.03. The first kappa shape index (κ1) is 12.1. The van der Waals surface area contributed by atoms with E-state index in [0.29, 0.717) is 23.1 Å². The van der Waals surface area contributed by atoms with Crippen molar-refractivity contribution in [1.82, 2.24) is 15.0 Å². The predicted octanol–water partition coefficient (Wildman–Crippen LogP) is 2.07. The van der Waals surface area contributed by atoms with Crippen LogP contribution in [0.4, 0.5) is 11.5 Å². The van der Waals surface area contributed by atoms with Gasteiger partial charge in [-0.3, -0.25) is 4.98 Å². The van der Waals surface area contributed by atoms with Crippen molar-refractivity contribution in [2.75, 3.05) is 11.1 Å². The maximum atomic E-state index is 5.95. The maximum absolute atomic E-state index is 5.95. The molecule has 0 saturated carbocycles. The van der Waals surface area contributed by atoms with Crippen molar-refractivity contribution >= 4 is 11.5 Å². The van der Waals surface area contributed by atoms with Crippen LogP contribution in [0.3, 0.4) is 0 Å². The Morgan fingerprint density at radius 2 is 2.17 bits per heavy atom. The highest BCUT2D eigenvalue weighted by Gasteiger charge is 2.10. The minimum absolute atomic E-state index is 0.230. The summed E-state index contributed by atoms with van der Waals surface area (Å²) in [4.78, 5) is 12.0. The van der Waals surface area contributed by atoms with Crippen LogP contribution in [0.15, 0.2) is 30.9 Å². The van der Waals surface area contributed by atoms with Crippen LogP contribution in [-0.2, 0) is 0 Å². The van der Waals surface area contributed by atoms with Gasteiger partial charge in [-0.05, 0) is 26.0 Å². The summed E-state index contributed by atoms with van der Waals surface area (Å²) in [6.45, 7) is 4.01. The summed E-state index contributed by atoms with van der Waals surface area (Å²) in [6, 6.07) is 3.79. The quantitative estimate of drug-likeness (QED) is 0.857. The lowest BCUT2D eigenvalue weighted by molar-refractivity contribution is 0.462. The Bertz CT molecular complexity index is 515. The first-order chi connectivity index (χ1) is 8.66. The van der Waals surface area contributed by atoms with E-state index in [0.717, 1.165) is 0 Å². The molecule has 2 aromatic heterocycles. The van der Waals surface area contributed by atoms with E-state index in [1.54, 1.807) is 24.5 Å². The average molecular weight is 245 g/mol. The summed E-state index contributed by atoms with van der Waals surface area (Å²) >= 11 is 0. The molecule has 0 aliphatic heterocycles. The Labute approximate surface area is 105 Å².